The summed E-state index contributed by atoms with van der Waals surface area (Å²) in [6.45, 7) is 5.25. The van der Waals surface area contributed by atoms with Crippen LogP contribution in [0.2, 0.25) is 0 Å². The summed E-state index contributed by atoms with van der Waals surface area (Å²) in [5.41, 5.74) is 2.78. The molecule has 0 bridgehead atoms. The molecule has 2 N–H and O–H groups in total. The van der Waals surface area contributed by atoms with Gasteiger partial charge in [0.15, 0.2) is 0 Å². The highest BCUT2D eigenvalue weighted by Crippen LogP contribution is 2.21. The van der Waals surface area contributed by atoms with Crippen LogP contribution < -0.4 is 16.4 Å². The van der Waals surface area contributed by atoms with E-state index in [0.29, 0.717) is 0 Å². The van der Waals surface area contributed by atoms with E-state index in [0.717, 1.165) is 27.1 Å². The number of nitrogens with one attached hydrogen (secondary N) is 2. The maximum atomic E-state index is 12.5. The molecular weight excluding hydrogens is 384 g/mol. The molecule has 0 fully saturated rings. The molecule has 0 aliphatic rings. The second-order valence-corrected chi connectivity index (χ2v) is 7.45. The van der Waals surface area contributed by atoms with Crippen molar-refractivity contribution >= 4 is 28.3 Å². The molecule has 0 saturated heterocycles. The summed E-state index contributed by atoms with van der Waals surface area (Å²) in [4.78, 5) is 50.9. The van der Waals surface area contributed by atoms with Crippen LogP contribution in [-0.2, 0) is 16.1 Å². The average molecular weight is 408 g/mol. The molecule has 8 nitrogen and oxygen atoms in total. The maximum Gasteiger partial charge on any atom is 0.273 e. The van der Waals surface area contributed by atoms with E-state index < -0.39 is 17.0 Å². The van der Waals surface area contributed by atoms with Crippen LogP contribution in [0.1, 0.15) is 16.7 Å². The monoisotopic (exact) mass is 408 g/mol. The van der Waals surface area contributed by atoms with Gasteiger partial charge in [0.2, 0.25) is 11.8 Å². The van der Waals surface area contributed by atoms with Crippen molar-refractivity contribution in [1.29, 1.82) is 0 Å². The number of rotatable bonds is 5. The van der Waals surface area contributed by atoms with E-state index in [2.05, 4.69) is 10.4 Å². The summed E-state index contributed by atoms with van der Waals surface area (Å²) in [6, 6.07) is 10.3. The van der Waals surface area contributed by atoms with Crippen molar-refractivity contribution in [2.45, 2.75) is 27.3 Å². The summed E-state index contributed by atoms with van der Waals surface area (Å²) in [6.07, 6.45) is 0. The second kappa shape index (κ2) is 8.36. The first-order valence-electron chi connectivity index (χ1n) is 9.51. The molecule has 1 aromatic heterocycles. The van der Waals surface area contributed by atoms with Gasteiger partial charge >= 0.3 is 0 Å². The first kappa shape index (κ1) is 21.0. The Kier molecular flexibility index (Phi) is 5.86. The quantitative estimate of drug-likeness (QED) is 0.671. The van der Waals surface area contributed by atoms with Crippen molar-refractivity contribution in [1.82, 2.24) is 14.7 Å². The van der Waals surface area contributed by atoms with Crippen LogP contribution in [0.4, 0.5) is 5.69 Å². The lowest BCUT2D eigenvalue weighted by molar-refractivity contribution is -0.134. The smallest absolute Gasteiger partial charge is 0.273 e. The maximum absolute atomic E-state index is 12.5. The number of fused-ring (bicyclic) bond motifs is 1. The standard InChI is InChI=1S/C22H24N4O4/c1-13-9-14(2)20(15(3)10-13)23-18(27)11-25(4)19(28)12-26-22(30)17-8-6-5-7-16(17)21(29)24-26/h5-10H,11-12H2,1-4H3,(H,23,27)(H,24,29). The van der Waals surface area contributed by atoms with Crippen LogP contribution in [0.15, 0.2) is 46.0 Å². The molecule has 0 spiro atoms. The number of anilines is 1. The fourth-order valence-corrected chi connectivity index (χ4v) is 3.47. The van der Waals surface area contributed by atoms with Crippen LogP contribution in [0.5, 0.6) is 0 Å². The average Bonchev–Trinajstić information content (AvgIpc) is 2.68. The number of nitrogens with zero attached hydrogens (tertiary/aromatic N) is 2. The molecule has 0 aliphatic heterocycles. The Bertz CT molecular complexity index is 1230. The fraction of sp³-hybridized carbons (Fsp3) is 0.273. The fourth-order valence-electron chi connectivity index (χ4n) is 3.47. The van der Waals surface area contributed by atoms with Gasteiger partial charge in [-0.05, 0) is 44.0 Å². The molecule has 30 heavy (non-hydrogen) atoms. The van der Waals surface area contributed by atoms with E-state index in [9.17, 15) is 19.2 Å². The molecule has 0 saturated carbocycles. The van der Waals surface area contributed by atoms with E-state index in [-0.39, 0.29) is 29.8 Å². The normalized spacial score (nSPS) is 10.8. The third kappa shape index (κ3) is 4.32. The van der Waals surface area contributed by atoms with E-state index in [1.807, 2.05) is 32.9 Å². The number of amides is 2. The van der Waals surface area contributed by atoms with E-state index in [1.54, 1.807) is 18.2 Å². The van der Waals surface area contributed by atoms with Gasteiger partial charge in [-0.2, -0.15) is 0 Å². The number of likely N-dealkylation sites (N-methyl/N-ethyl adjacent to an activating group) is 1. The highest BCUT2D eigenvalue weighted by Gasteiger charge is 2.17. The minimum atomic E-state index is -0.476. The zero-order valence-electron chi connectivity index (χ0n) is 17.4. The van der Waals surface area contributed by atoms with E-state index in [4.69, 9.17) is 0 Å². The van der Waals surface area contributed by atoms with Gasteiger partial charge in [-0.3, -0.25) is 24.3 Å². The molecule has 3 aromatic rings. The number of aromatic nitrogens is 2. The van der Waals surface area contributed by atoms with Gasteiger partial charge in [0.1, 0.15) is 6.54 Å². The Morgan fingerprint density at radius 1 is 1.03 bits per heavy atom. The third-order valence-electron chi connectivity index (χ3n) is 4.93. The number of hydrogen-bond donors (Lipinski definition) is 2. The summed E-state index contributed by atoms with van der Waals surface area (Å²) < 4.78 is 0.968. The topological polar surface area (TPSA) is 104 Å². The largest absolute Gasteiger partial charge is 0.335 e. The number of benzene rings is 2. The lowest BCUT2D eigenvalue weighted by atomic mass is 10.1. The lowest BCUT2D eigenvalue weighted by Crippen LogP contribution is -2.40. The van der Waals surface area contributed by atoms with Gasteiger partial charge in [0, 0.05) is 12.7 Å². The minimum Gasteiger partial charge on any atom is -0.335 e. The Labute approximate surface area is 173 Å². The van der Waals surface area contributed by atoms with Gasteiger partial charge in [-0.15, -0.1) is 0 Å². The molecule has 2 aromatic carbocycles. The molecule has 0 atom stereocenters. The molecule has 156 valence electrons. The summed E-state index contributed by atoms with van der Waals surface area (Å²) >= 11 is 0. The van der Waals surface area contributed by atoms with E-state index in [1.165, 1.54) is 18.0 Å². The Balaban J connectivity index is 1.72. The molecule has 0 radical (unpaired) electrons. The van der Waals surface area contributed by atoms with Crippen molar-refractivity contribution in [3.8, 4) is 0 Å². The van der Waals surface area contributed by atoms with Crippen LogP contribution >= 0.6 is 0 Å². The predicted octanol–water partition coefficient (Wildman–Crippen LogP) is 1.71. The number of aryl methyl sites for hydroxylation is 3. The molecule has 0 unspecified atom stereocenters. The first-order chi connectivity index (χ1) is 14.2. The molecule has 3 rings (SSSR count). The zero-order chi connectivity index (χ0) is 22.0. The molecule has 8 heteroatoms. The van der Waals surface area contributed by atoms with Gasteiger partial charge in [-0.1, -0.05) is 29.8 Å². The molecule has 2 amide bonds. The lowest BCUT2D eigenvalue weighted by Gasteiger charge is -2.19. The zero-order valence-corrected chi connectivity index (χ0v) is 17.4. The van der Waals surface area contributed by atoms with Gasteiger partial charge in [-0.25, -0.2) is 4.68 Å². The predicted molar refractivity (Wildman–Crippen MR) is 116 cm³/mol. The molecule has 0 aliphatic carbocycles. The van der Waals surface area contributed by atoms with Crippen molar-refractivity contribution in [3.63, 3.8) is 0 Å². The Morgan fingerprint density at radius 3 is 2.27 bits per heavy atom. The number of carbonyl (C=O) groups is 2. The summed E-state index contributed by atoms with van der Waals surface area (Å²) in [5.74, 6) is -0.823. The van der Waals surface area contributed by atoms with Crippen molar-refractivity contribution in [2.75, 3.05) is 18.9 Å². The van der Waals surface area contributed by atoms with Crippen LogP contribution in [0.3, 0.4) is 0 Å². The van der Waals surface area contributed by atoms with E-state index >= 15 is 0 Å². The highest BCUT2D eigenvalue weighted by molar-refractivity contribution is 5.95. The summed E-state index contributed by atoms with van der Waals surface area (Å²) in [7, 11) is 1.47. The number of carbonyl (C=O) groups excluding carboxylic acids is 2. The van der Waals surface area contributed by atoms with Crippen molar-refractivity contribution in [3.05, 3.63) is 73.8 Å². The van der Waals surface area contributed by atoms with Crippen LogP contribution in [-0.4, -0.2) is 40.1 Å². The third-order valence-corrected chi connectivity index (χ3v) is 4.93. The highest BCUT2D eigenvalue weighted by atomic mass is 16.2. The van der Waals surface area contributed by atoms with Crippen molar-refractivity contribution in [2.24, 2.45) is 0 Å². The number of H-pyrrole nitrogens is 1. The molecular formula is C22H24N4O4. The SMILES string of the molecule is Cc1cc(C)c(NC(=O)CN(C)C(=O)Cn2[nH]c(=O)c3ccccc3c2=O)c(C)c1. The Morgan fingerprint density at radius 2 is 1.63 bits per heavy atom. The second-order valence-electron chi connectivity index (χ2n) is 7.45. The number of aromatic amines is 1. The van der Waals surface area contributed by atoms with Gasteiger partial charge in [0.25, 0.3) is 11.1 Å². The van der Waals surface area contributed by atoms with Gasteiger partial charge in [0.05, 0.1) is 17.3 Å². The van der Waals surface area contributed by atoms with Crippen molar-refractivity contribution < 1.29 is 9.59 Å². The Hall–Kier alpha value is -3.68. The van der Waals surface area contributed by atoms with Crippen LogP contribution in [0.25, 0.3) is 10.8 Å². The van der Waals surface area contributed by atoms with Crippen LogP contribution in [0, 0.1) is 20.8 Å². The minimum absolute atomic E-state index is 0.182. The number of hydrogen-bond acceptors (Lipinski definition) is 4. The molecule has 1 heterocycles. The first-order valence-corrected chi connectivity index (χ1v) is 9.51. The van der Waals surface area contributed by atoms with Gasteiger partial charge < -0.3 is 10.2 Å². The summed E-state index contributed by atoms with van der Waals surface area (Å²) in [5, 5.41) is 5.76.